The highest BCUT2D eigenvalue weighted by atomic mass is 19.4. The second-order valence-corrected chi connectivity index (χ2v) is 8.59. The zero-order valence-corrected chi connectivity index (χ0v) is 19.8. The molecule has 0 spiro atoms. The van der Waals surface area contributed by atoms with Gasteiger partial charge in [-0.3, -0.25) is 4.79 Å². The predicted octanol–water partition coefficient (Wildman–Crippen LogP) is 5.07. The summed E-state index contributed by atoms with van der Waals surface area (Å²) in [4.78, 5) is 13.0. The van der Waals surface area contributed by atoms with E-state index < -0.39 is 105 Å². The van der Waals surface area contributed by atoms with Crippen LogP contribution in [0.1, 0.15) is 0 Å². The fourth-order valence-corrected chi connectivity index (χ4v) is 3.50. The lowest BCUT2D eigenvalue weighted by molar-refractivity contribution is -0.460. The number of amides is 1. The number of alkyl halides is 17. The molecule has 0 bridgehead atoms. The minimum absolute atomic E-state index is 0.00846. The summed E-state index contributed by atoms with van der Waals surface area (Å²) in [6, 6.07) is 0. The fourth-order valence-electron chi connectivity index (χ4n) is 3.50. The molecule has 2 aliphatic rings. The van der Waals surface area contributed by atoms with Gasteiger partial charge in [-0.2, -0.15) is 74.6 Å². The number of allylic oxidation sites excluding steroid dienone is 1. The van der Waals surface area contributed by atoms with E-state index in [1.54, 1.807) is 0 Å². The summed E-state index contributed by atoms with van der Waals surface area (Å²) >= 11 is 0. The Kier molecular flexibility index (Phi) is 9.19. The van der Waals surface area contributed by atoms with Crippen molar-refractivity contribution in [2.24, 2.45) is 0 Å². The smallest absolute Gasteiger partial charge is 0.378 e. The number of ether oxygens (including phenoxy) is 2. The molecule has 41 heavy (non-hydrogen) atoms. The Balaban J connectivity index is 2.67. The molecule has 240 valence electrons. The zero-order valence-electron chi connectivity index (χ0n) is 19.8. The van der Waals surface area contributed by atoms with Crippen molar-refractivity contribution in [1.82, 2.24) is 9.80 Å². The first-order valence-corrected chi connectivity index (χ1v) is 10.9. The molecule has 0 radical (unpaired) electrons. The van der Waals surface area contributed by atoms with Gasteiger partial charge in [0.25, 0.3) is 0 Å². The summed E-state index contributed by atoms with van der Waals surface area (Å²) in [6.45, 7) is -4.39. The van der Waals surface area contributed by atoms with Crippen molar-refractivity contribution in [1.29, 1.82) is 0 Å². The normalized spacial score (nSPS) is 20.0. The van der Waals surface area contributed by atoms with E-state index in [0.29, 0.717) is 4.90 Å². The third-order valence-corrected chi connectivity index (χ3v) is 5.98. The molecule has 2 fully saturated rings. The van der Waals surface area contributed by atoms with Gasteiger partial charge in [0.1, 0.15) is 0 Å². The number of hydrogen-bond acceptors (Lipinski definition) is 4. The van der Waals surface area contributed by atoms with E-state index >= 15 is 8.78 Å². The van der Waals surface area contributed by atoms with Gasteiger partial charge in [0.15, 0.2) is 0 Å². The molecule has 5 nitrogen and oxygen atoms in total. The topological polar surface area (TPSA) is 42.0 Å². The molecule has 0 N–H and O–H groups in total. The molecule has 2 rings (SSSR count). The van der Waals surface area contributed by atoms with Crippen LogP contribution in [0, 0.1) is 0 Å². The maximum atomic E-state index is 15.0. The minimum Gasteiger partial charge on any atom is -0.378 e. The van der Waals surface area contributed by atoms with Crippen molar-refractivity contribution in [3.05, 3.63) is 11.8 Å². The van der Waals surface area contributed by atoms with Crippen LogP contribution < -0.4 is 0 Å². The highest BCUT2D eigenvalue weighted by molar-refractivity contribution is 5.88. The molecule has 2 saturated heterocycles. The van der Waals surface area contributed by atoms with Gasteiger partial charge in [-0.05, 0) is 0 Å². The highest BCUT2D eigenvalue weighted by Gasteiger charge is 2.95. The van der Waals surface area contributed by atoms with E-state index in [-0.39, 0.29) is 18.1 Å². The standard InChI is InChI=1S/C19H17F17N2O3/c20-12(21,10(37-1-5-40-6-2-37)9-11(39)38-3-7-41-8-4-38)13(22,23)14(24,25)15(26,27)16(28,29)17(30,31)18(32,33)19(34,35)36/h9H,1-8H2/b10-9-. The number of hydrogen-bond donors (Lipinski definition) is 0. The third kappa shape index (κ3) is 5.37. The van der Waals surface area contributed by atoms with Gasteiger partial charge in [0.05, 0.1) is 32.1 Å². The Labute approximate surface area is 217 Å². The Morgan fingerprint density at radius 2 is 0.805 bits per heavy atom. The lowest BCUT2D eigenvalue weighted by Gasteiger charge is -2.44. The summed E-state index contributed by atoms with van der Waals surface area (Å²) in [7, 11) is 0. The third-order valence-electron chi connectivity index (χ3n) is 5.98. The molecular formula is C19H17F17N2O3. The molecule has 0 aliphatic carbocycles. The average Bonchev–Trinajstić information content (AvgIpc) is 2.86. The summed E-state index contributed by atoms with van der Waals surface area (Å²) in [6.07, 6.45) is -8.28. The molecular weight excluding hydrogens is 627 g/mol. The Hall–Kier alpha value is -2.26. The minimum atomic E-state index is -8.73. The maximum Gasteiger partial charge on any atom is 0.460 e. The Morgan fingerprint density at radius 1 is 0.488 bits per heavy atom. The lowest BCUT2D eigenvalue weighted by atomic mass is 9.88. The largest absolute Gasteiger partial charge is 0.460 e. The molecule has 1 amide bonds. The SMILES string of the molecule is O=C(/C=C(\N1CCOCC1)C(F)(F)C(F)(F)C(F)(F)C(F)(F)C(F)(F)C(F)(F)C(F)(F)C(F)(F)F)N1CCOCC1. The number of carbonyl (C=O) groups excluding carboxylic acids is 1. The van der Waals surface area contributed by atoms with Gasteiger partial charge in [-0.15, -0.1) is 0 Å². The van der Waals surface area contributed by atoms with Gasteiger partial charge in [-0.25, -0.2) is 0 Å². The average molecular weight is 644 g/mol. The van der Waals surface area contributed by atoms with Crippen LogP contribution in [-0.2, 0) is 14.3 Å². The molecule has 22 heteroatoms. The van der Waals surface area contributed by atoms with Crippen LogP contribution in [0.5, 0.6) is 0 Å². The van der Waals surface area contributed by atoms with Gasteiger partial charge in [-0.1, -0.05) is 0 Å². The number of rotatable bonds is 9. The second kappa shape index (κ2) is 10.8. The fraction of sp³-hybridized carbons (Fsp3) is 0.842. The molecule has 2 heterocycles. The molecule has 0 aromatic carbocycles. The first-order valence-electron chi connectivity index (χ1n) is 10.9. The van der Waals surface area contributed by atoms with Crippen LogP contribution in [0.25, 0.3) is 0 Å². The van der Waals surface area contributed by atoms with Crippen molar-refractivity contribution < 1.29 is 88.9 Å². The summed E-state index contributed by atoms with van der Waals surface area (Å²) in [5, 5.41) is 0. The van der Waals surface area contributed by atoms with Crippen molar-refractivity contribution in [2.75, 3.05) is 52.6 Å². The van der Waals surface area contributed by atoms with Crippen molar-refractivity contribution in [2.45, 2.75) is 47.6 Å². The van der Waals surface area contributed by atoms with Crippen LogP contribution >= 0.6 is 0 Å². The van der Waals surface area contributed by atoms with E-state index in [0.717, 1.165) is 0 Å². The van der Waals surface area contributed by atoms with Crippen LogP contribution in [0.4, 0.5) is 74.6 Å². The van der Waals surface area contributed by atoms with E-state index in [1.165, 1.54) is 0 Å². The van der Waals surface area contributed by atoms with Gasteiger partial charge in [0, 0.05) is 32.3 Å². The van der Waals surface area contributed by atoms with E-state index in [1.807, 2.05) is 0 Å². The number of nitrogens with zero attached hydrogens (tertiary/aromatic N) is 2. The van der Waals surface area contributed by atoms with Gasteiger partial charge >= 0.3 is 47.6 Å². The molecule has 0 atom stereocenters. The van der Waals surface area contributed by atoms with Crippen LogP contribution in [0.15, 0.2) is 11.8 Å². The van der Waals surface area contributed by atoms with Crippen molar-refractivity contribution >= 4 is 5.91 Å². The number of morpholine rings is 2. The monoisotopic (exact) mass is 644 g/mol. The van der Waals surface area contributed by atoms with Gasteiger partial charge < -0.3 is 19.3 Å². The van der Waals surface area contributed by atoms with Gasteiger partial charge in [0.2, 0.25) is 5.91 Å². The lowest BCUT2D eigenvalue weighted by Crippen LogP contribution is -2.74. The van der Waals surface area contributed by atoms with Crippen molar-refractivity contribution in [3.63, 3.8) is 0 Å². The van der Waals surface area contributed by atoms with Crippen LogP contribution in [-0.4, -0.2) is 116 Å². The summed E-state index contributed by atoms with van der Waals surface area (Å²) in [5.74, 6) is -59.1. The Morgan fingerprint density at radius 3 is 1.17 bits per heavy atom. The van der Waals surface area contributed by atoms with Crippen LogP contribution in [0.3, 0.4) is 0 Å². The van der Waals surface area contributed by atoms with Crippen molar-refractivity contribution in [3.8, 4) is 0 Å². The zero-order chi connectivity index (χ0) is 32.1. The molecule has 0 aromatic heterocycles. The highest BCUT2D eigenvalue weighted by Crippen LogP contribution is 2.64. The summed E-state index contributed by atoms with van der Waals surface area (Å²) in [5.41, 5.74) is -2.52. The van der Waals surface area contributed by atoms with Crippen LogP contribution in [0.2, 0.25) is 0 Å². The number of halogens is 17. The van der Waals surface area contributed by atoms with E-state index in [2.05, 4.69) is 0 Å². The molecule has 0 unspecified atom stereocenters. The molecule has 2 aliphatic heterocycles. The second-order valence-electron chi connectivity index (χ2n) is 8.59. The van der Waals surface area contributed by atoms with E-state index in [9.17, 15) is 70.7 Å². The maximum absolute atomic E-state index is 15.0. The molecule has 0 saturated carbocycles. The quantitative estimate of drug-likeness (QED) is 0.260. The number of carbonyl (C=O) groups is 1. The summed E-state index contributed by atoms with van der Waals surface area (Å²) < 4.78 is 243. The first kappa shape index (κ1) is 34.9. The molecule has 0 aromatic rings. The first-order chi connectivity index (χ1) is 18.2. The Bertz CT molecular complexity index is 984. The predicted molar refractivity (Wildman–Crippen MR) is 98.6 cm³/mol. The van der Waals surface area contributed by atoms with E-state index in [4.69, 9.17) is 9.47 Å².